The van der Waals surface area contributed by atoms with Gasteiger partial charge in [-0.1, -0.05) is 6.07 Å². The van der Waals surface area contributed by atoms with Gasteiger partial charge in [0.25, 0.3) is 0 Å². The number of nitrogens with zero attached hydrogens (tertiary/aromatic N) is 1. The van der Waals surface area contributed by atoms with Gasteiger partial charge >= 0.3 is 5.97 Å². The van der Waals surface area contributed by atoms with Gasteiger partial charge in [-0.05, 0) is 11.4 Å². The first-order chi connectivity index (χ1) is 9.99. The van der Waals surface area contributed by atoms with Crippen LogP contribution in [0.15, 0.2) is 17.5 Å². The van der Waals surface area contributed by atoms with Crippen LogP contribution in [0.2, 0.25) is 0 Å². The molecule has 0 saturated carbocycles. The van der Waals surface area contributed by atoms with Crippen LogP contribution >= 0.6 is 23.1 Å². The van der Waals surface area contributed by atoms with Gasteiger partial charge < -0.3 is 15.3 Å². The van der Waals surface area contributed by atoms with Crippen LogP contribution in [-0.4, -0.2) is 45.5 Å². The lowest BCUT2D eigenvalue weighted by atomic mass is 10.1. The predicted molar refractivity (Wildman–Crippen MR) is 81.1 cm³/mol. The molecule has 0 spiro atoms. The number of carbonyl (C=O) groups excluding carboxylic acids is 2. The van der Waals surface area contributed by atoms with Crippen LogP contribution in [0.4, 0.5) is 0 Å². The van der Waals surface area contributed by atoms with Gasteiger partial charge in [0.05, 0.1) is 18.3 Å². The first-order valence-electron chi connectivity index (χ1n) is 6.39. The minimum absolute atomic E-state index is 0.0738. The Labute approximate surface area is 130 Å². The zero-order valence-corrected chi connectivity index (χ0v) is 13.1. The van der Waals surface area contributed by atoms with E-state index in [9.17, 15) is 14.4 Å². The van der Waals surface area contributed by atoms with Gasteiger partial charge in [0.15, 0.2) is 0 Å². The van der Waals surface area contributed by atoms with Crippen molar-refractivity contribution >= 4 is 40.9 Å². The van der Waals surface area contributed by atoms with Crippen molar-refractivity contribution in [2.24, 2.45) is 0 Å². The van der Waals surface area contributed by atoms with Gasteiger partial charge in [0, 0.05) is 17.6 Å². The summed E-state index contributed by atoms with van der Waals surface area (Å²) < 4.78 is 0. The zero-order chi connectivity index (χ0) is 15.4. The lowest BCUT2D eigenvalue weighted by Crippen LogP contribution is -2.43. The van der Waals surface area contributed by atoms with E-state index in [1.165, 1.54) is 34.9 Å². The minimum atomic E-state index is -0.986. The van der Waals surface area contributed by atoms with E-state index < -0.39 is 18.1 Å². The number of nitrogens with one attached hydrogen (secondary N) is 1. The third kappa shape index (κ3) is 3.98. The zero-order valence-electron chi connectivity index (χ0n) is 11.4. The molecule has 1 saturated heterocycles. The maximum Gasteiger partial charge on any atom is 0.327 e. The van der Waals surface area contributed by atoms with E-state index in [2.05, 4.69) is 5.32 Å². The fraction of sp³-hybridized carbons (Fsp3) is 0.462. The van der Waals surface area contributed by atoms with Gasteiger partial charge in [-0.15, -0.1) is 23.1 Å². The molecule has 0 bridgehead atoms. The molecule has 2 N–H and O–H groups in total. The number of carboxylic acids is 1. The Balaban J connectivity index is 2.07. The summed E-state index contributed by atoms with van der Waals surface area (Å²) >= 11 is 2.88. The quantitative estimate of drug-likeness (QED) is 0.851. The van der Waals surface area contributed by atoms with Gasteiger partial charge in [0.2, 0.25) is 11.8 Å². The summed E-state index contributed by atoms with van der Waals surface area (Å²) in [6.45, 7) is 1.40. The van der Waals surface area contributed by atoms with Crippen LogP contribution in [0, 0.1) is 0 Å². The van der Waals surface area contributed by atoms with E-state index in [1.54, 1.807) is 0 Å². The maximum atomic E-state index is 12.3. The largest absolute Gasteiger partial charge is 0.480 e. The molecule has 2 heterocycles. The fourth-order valence-corrected chi connectivity index (χ4v) is 4.09. The molecule has 2 atom stereocenters. The molecule has 0 aliphatic carbocycles. The molecule has 2 rings (SSSR count). The Kier molecular flexibility index (Phi) is 5.24. The third-order valence-corrected chi connectivity index (χ3v) is 5.13. The maximum absolute atomic E-state index is 12.3. The van der Waals surface area contributed by atoms with Gasteiger partial charge in [-0.3, -0.25) is 9.59 Å². The molecule has 1 aliphatic rings. The summed E-state index contributed by atoms with van der Waals surface area (Å²) in [6.07, 6.45) is 0.0738. The number of amides is 2. The first kappa shape index (κ1) is 15.8. The second-order valence-electron chi connectivity index (χ2n) is 4.69. The van der Waals surface area contributed by atoms with Crippen molar-refractivity contribution in [1.82, 2.24) is 10.2 Å². The van der Waals surface area contributed by atoms with E-state index in [4.69, 9.17) is 5.11 Å². The molecule has 2 amide bonds. The topological polar surface area (TPSA) is 86.7 Å². The highest BCUT2D eigenvalue weighted by Crippen LogP contribution is 2.27. The Morgan fingerprint density at radius 3 is 2.86 bits per heavy atom. The van der Waals surface area contributed by atoms with Crippen molar-refractivity contribution in [2.45, 2.75) is 25.4 Å². The smallest absolute Gasteiger partial charge is 0.327 e. The molecule has 1 aromatic rings. The number of aliphatic carboxylic acids is 1. The van der Waals surface area contributed by atoms with Crippen LogP contribution in [0.5, 0.6) is 0 Å². The van der Waals surface area contributed by atoms with Crippen LogP contribution in [0.1, 0.15) is 24.3 Å². The van der Waals surface area contributed by atoms with Crippen molar-refractivity contribution in [3.8, 4) is 0 Å². The highest BCUT2D eigenvalue weighted by atomic mass is 32.2. The minimum Gasteiger partial charge on any atom is -0.480 e. The summed E-state index contributed by atoms with van der Waals surface area (Å²) in [5.74, 6) is -0.662. The molecule has 1 aromatic heterocycles. The number of thiophene rings is 1. The SMILES string of the molecule is CC(=O)NC(CC(=O)N1CSC[C@H]1C(=O)O)c1cccs1. The third-order valence-electron chi connectivity index (χ3n) is 3.13. The van der Waals surface area contributed by atoms with E-state index >= 15 is 0 Å². The molecule has 1 unspecified atom stereocenters. The summed E-state index contributed by atoms with van der Waals surface area (Å²) in [5.41, 5.74) is 0. The van der Waals surface area contributed by atoms with Gasteiger partial charge in [0.1, 0.15) is 6.04 Å². The van der Waals surface area contributed by atoms with E-state index in [-0.39, 0.29) is 18.2 Å². The molecular weight excluding hydrogens is 312 g/mol. The van der Waals surface area contributed by atoms with Crippen LogP contribution in [0.25, 0.3) is 0 Å². The molecular formula is C13H16N2O4S2. The molecule has 6 nitrogen and oxygen atoms in total. The van der Waals surface area contributed by atoms with Crippen molar-refractivity contribution in [1.29, 1.82) is 0 Å². The highest BCUT2D eigenvalue weighted by Gasteiger charge is 2.35. The standard InChI is InChI=1S/C13H16N2O4S2/c1-8(16)14-9(11-3-2-4-21-11)5-12(17)15-7-20-6-10(15)13(18)19/h2-4,9-10H,5-7H2,1H3,(H,14,16)(H,18,19)/t9?,10-/m0/s1. The Morgan fingerprint density at radius 1 is 1.52 bits per heavy atom. The predicted octanol–water partition coefficient (Wildman–Crippen LogP) is 1.30. The Hall–Kier alpha value is -1.54. The lowest BCUT2D eigenvalue weighted by Gasteiger charge is -2.23. The second kappa shape index (κ2) is 6.95. The number of rotatable bonds is 5. The monoisotopic (exact) mass is 328 g/mol. The number of carbonyl (C=O) groups is 3. The normalized spacial score (nSPS) is 19.3. The van der Waals surface area contributed by atoms with Gasteiger partial charge in [-0.2, -0.15) is 0 Å². The van der Waals surface area contributed by atoms with Crippen LogP contribution < -0.4 is 5.32 Å². The van der Waals surface area contributed by atoms with Gasteiger partial charge in [-0.25, -0.2) is 4.79 Å². The highest BCUT2D eigenvalue weighted by molar-refractivity contribution is 7.99. The second-order valence-corrected chi connectivity index (χ2v) is 6.67. The van der Waals surface area contributed by atoms with Crippen molar-refractivity contribution in [2.75, 3.05) is 11.6 Å². The lowest BCUT2D eigenvalue weighted by molar-refractivity contribution is -0.148. The Bertz CT molecular complexity index is 532. The molecule has 0 radical (unpaired) electrons. The van der Waals surface area contributed by atoms with E-state index in [0.29, 0.717) is 11.6 Å². The van der Waals surface area contributed by atoms with Crippen molar-refractivity contribution in [3.63, 3.8) is 0 Å². The summed E-state index contributed by atoms with van der Waals surface area (Å²) in [6, 6.07) is 2.52. The van der Waals surface area contributed by atoms with E-state index in [0.717, 1.165) is 4.88 Å². The summed E-state index contributed by atoms with van der Waals surface area (Å²) in [5, 5.41) is 13.7. The number of hydrogen-bond donors (Lipinski definition) is 2. The molecule has 1 aliphatic heterocycles. The number of carboxylic acid groups (broad SMARTS) is 1. The number of hydrogen-bond acceptors (Lipinski definition) is 5. The van der Waals surface area contributed by atoms with Crippen LogP contribution in [-0.2, 0) is 14.4 Å². The molecule has 114 valence electrons. The van der Waals surface area contributed by atoms with Crippen LogP contribution in [0.3, 0.4) is 0 Å². The van der Waals surface area contributed by atoms with Crippen molar-refractivity contribution in [3.05, 3.63) is 22.4 Å². The summed E-state index contributed by atoms with van der Waals surface area (Å²) in [4.78, 5) is 37.0. The molecule has 21 heavy (non-hydrogen) atoms. The average Bonchev–Trinajstić information content (AvgIpc) is 3.08. The van der Waals surface area contributed by atoms with E-state index in [1.807, 2.05) is 17.5 Å². The Morgan fingerprint density at radius 2 is 2.29 bits per heavy atom. The van der Waals surface area contributed by atoms with Crippen molar-refractivity contribution < 1.29 is 19.5 Å². The average molecular weight is 328 g/mol. The molecule has 0 aromatic carbocycles. The molecule has 1 fully saturated rings. The first-order valence-corrected chi connectivity index (χ1v) is 8.43. The fourth-order valence-electron chi connectivity index (χ4n) is 2.14. The molecule has 8 heteroatoms. The number of thioether (sulfide) groups is 1. The summed E-state index contributed by atoms with van der Waals surface area (Å²) in [7, 11) is 0.